The van der Waals surface area contributed by atoms with Gasteiger partial charge in [-0.25, -0.2) is 14.1 Å². The predicted octanol–water partition coefficient (Wildman–Crippen LogP) is 3.39. The first-order chi connectivity index (χ1) is 9.61. The Morgan fingerprint density at radius 1 is 1.40 bits per heavy atom. The second kappa shape index (κ2) is 6.70. The smallest absolute Gasteiger partial charge is 0.165 e. The van der Waals surface area contributed by atoms with Gasteiger partial charge in [-0.2, -0.15) is 5.10 Å². The lowest BCUT2D eigenvalue weighted by atomic mass is 10.2. The molecule has 0 unspecified atom stereocenters. The van der Waals surface area contributed by atoms with Crippen molar-refractivity contribution in [1.29, 1.82) is 0 Å². The standard InChI is InChI=1S/C14H17ClFN3O/c1-10(2)7-19-13(17-9-18-19)8-20-14-11(6-15)4-3-5-12(14)16/h3-5,9-10H,6-8H2,1-2H3. The number of alkyl halides is 1. The molecule has 0 aliphatic heterocycles. The van der Waals surface area contributed by atoms with E-state index in [0.717, 1.165) is 6.54 Å². The molecule has 108 valence electrons. The molecule has 2 rings (SSSR count). The summed E-state index contributed by atoms with van der Waals surface area (Å²) in [7, 11) is 0. The Bertz CT molecular complexity index is 571. The highest BCUT2D eigenvalue weighted by atomic mass is 35.5. The third kappa shape index (κ3) is 3.48. The lowest BCUT2D eigenvalue weighted by molar-refractivity contribution is 0.267. The highest BCUT2D eigenvalue weighted by Gasteiger charge is 2.12. The molecule has 1 aromatic heterocycles. The van der Waals surface area contributed by atoms with Crippen LogP contribution in [0.3, 0.4) is 0 Å². The Balaban J connectivity index is 2.11. The molecule has 6 heteroatoms. The van der Waals surface area contributed by atoms with Crippen molar-refractivity contribution >= 4 is 11.6 Å². The predicted molar refractivity (Wildman–Crippen MR) is 75.1 cm³/mol. The van der Waals surface area contributed by atoms with Crippen LogP contribution in [-0.2, 0) is 19.0 Å². The summed E-state index contributed by atoms with van der Waals surface area (Å²) in [4.78, 5) is 4.14. The molecule has 1 heterocycles. The van der Waals surface area contributed by atoms with E-state index in [1.54, 1.807) is 16.8 Å². The molecule has 0 aliphatic rings. The third-order valence-electron chi connectivity index (χ3n) is 2.77. The fourth-order valence-electron chi connectivity index (χ4n) is 1.86. The minimum absolute atomic E-state index is 0.164. The number of rotatable bonds is 6. The Labute approximate surface area is 122 Å². The maximum atomic E-state index is 13.7. The van der Waals surface area contributed by atoms with E-state index in [1.165, 1.54) is 12.4 Å². The SMILES string of the molecule is CC(C)Cn1ncnc1COc1c(F)cccc1CCl. The minimum atomic E-state index is -0.418. The molecule has 0 fully saturated rings. The normalized spacial score (nSPS) is 11.1. The monoisotopic (exact) mass is 297 g/mol. The maximum absolute atomic E-state index is 13.7. The van der Waals surface area contributed by atoms with Gasteiger partial charge in [-0.1, -0.05) is 26.0 Å². The van der Waals surface area contributed by atoms with E-state index in [4.69, 9.17) is 16.3 Å². The largest absolute Gasteiger partial charge is 0.482 e. The van der Waals surface area contributed by atoms with Crippen LogP contribution in [0, 0.1) is 11.7 Å². The zero-order valence-corrected chi connectivity index (χ0v) is 12.3. The Morgan fingerprint density at radius 3 is 2.90 bits per heavy atom. The molecule has 0 radical (unpaired) electrons. The first kappa shape index (κ1) is 14.8. The van der Waals surface area contributed by atoms with Gasteiger partial charge in [0.25, 0.3) is 0 Å². The van der Waals surface area contributed by atoms with Gasteiger partial charge < -0.3 is 4.74 Å². The van der Waals surface area contributed by atoms with E-state index in [1.807, 2.05) is 0 Å². The topological polar surface area (TPSA) is 39.9 Å². The van der Waals surface area contributed by atoms with Crippen LogP contribution in [0.4, 0.5) is 4.39 Å². The molecule has 1 aromatic carbocycles. The average Bonchev–Trinajstić information content (AvgIpc) is 2.83. The van der Waals surface area contributed by atoms with E-state index >= 15 is 0 Å². The lowest BCUT2D eigenvalue weighted by Crippen LogP contribution is -2.13. The molecule has 20 heavy (non-hydrogen) atoms. The average molecular weight is 298 g/mol. The number of ether oxygens (including phenoxy) is 1. The van der Waals surface area contributed by atoms with Gasteiger partial charge in [0.2, 0.25) is 0 Å². The molecule has 0 saturated heterocycles. The van der Waals surface area contributed by atoms with Crippen LogP contribution < -0.4 is 4.74 Å². The van der Waals surface area contributed by atoms with Crippen molar-refractivity contribution in [3.05, 3.63) is 41.7 Å². The molecule has 0 saturated carbocycles. The van der Waals surface area contributed by atoms with Crippen LogP contribution >= 0.6 is 11.6 Å². The van der Waals surface area contributed by atoms with E-state index in [0.29, 0.717) is 17.3 Å². The molecular weight excluding hydrogens is 281 g/mol. The van der Waals surface area contributed by atoms with Crippen molar-refractivity contribution in [2.24, 2.45) is 5.92 Å². The summed E-state index contributed by atoms with van der Waals surface area (Å²) in [6.45, 7) is 5.10. The number of nitrogens with zero attached hydrogens (tertiary/aromatic N) is 3. The number of benzene rings is 1. The summed E-state index contributed by atoms with van der Waals surface area (Å²) < 4.78 is 21.1. The van der Waals surface area contributed by atoms with Crippen LogP contribution in [0.1, 0.15) is 25.2 Å². The summed E-state index contributed by atoms with van der Waals surface area (Å²) in [6, 6.07) is 4.70. The first-order valence-corrected chi connectivity index (χ1v) is 6.98. The summed E-state index contributed by atoms with van der Waals surface area (Å²) in [5, 5.41) is 4.14. The van der Waals surface area contributed by atoms with Crippen molar-refractivity contribution in [1.82, 2.24) is 14.8 Å². The fourth-order valence-corrected chi connectivity index (χ4v) is 2.07. The van der Waals surface area contributed by atoms with Gasteiger partial charge in [0.1, 0.15) is 12.9 Å². The Hall–Kier alpha value is -1.62. The first-order valence-electron chi connectivity index (χ1n) is 6.44. The van der Waals surface area contributed by atoms with E-state index < -0.39 is 5.82 Å². The number of para-hydroxylation sites is 1. The summed E-state index contributed by atoms with van der Waals surface area (Å²) in [5.74, 6) is 1.08. The second-order valence-corrected chi connectivity index (χ2v) is 5.17. The summed E-state index contributed by atoms with van der Waals surface area (Å²) in [5.41, 5.74) is 0.626. The molecule has 0 atom stereocenters. The van der Waals surface area contributed by atoms with Gasteiger partial charge in [0.05, 0.1) is 5.88 Å². The van der Waals surface area contributed by atoms with Crippen molar-refractivity contribution in [3.63, 3.8) is 0 Å². The van der Waals surface area contributed by atoms with Gasteiger partial charge in [-0.3, -0.25) is 0 Å². The van der Waals surface area contributed by atoms with Crippen molar-refractivity contribution < 1.29 is 9.13 Å². The Morgan fingerprint density at radius 2 is 2.20 bits per heavy atom. The van der Waals surface area contributed by atoms with Gasteiger partial charge in [-0.05, 0) is 12.0 Å². The molecule has 0 aliphatic carbocycles. The van der Waals surface area contributed by atoms with Crippen molar-refractivity contribution in [3.8, 4) is 5.75 Å². The van der Waals surface area contributed by atoms with Gasteiger partial charge in [0.15, 0.2) is 17.4 Å². The second-order valence-electron chi connectivity index (χ2n) is 4.90. The van der Waals surface area contributed by atoms with Crippen LogP contribution in [0.15, 0.2) is 24.5 Å². The number of halogens is 2. The summed E-state index contributed by atoms with van der Waals surface area (Å²) >= 11 is 5.78. The zero-order chi connectivity index (χ0) is 14.5. The maximum Gasteiger partial charge on any atom is 0.165 e. The quantitative estimate of drug-likeness (QED) is 0.767. The number of aromatic nitrogens is 3. The van der Waals surface area contributed by atoms with Gasteiger partial charge in [0, 0.05) is 12.1 Å². The van der Waals surface area contributed by atoms with E-state index in [-0.39, 0.29) is 18.2 Å². The minimum Gasteiger partial charge on any atom is -0.482 e. The fraction of sp³-hybridized carbons (Fsp3) is 0.429. The Kier molecular flexibility index (Phi) is 4.95. The lowest BCUT2D eigenvalue weighted by Gasteiger charge is -2.12. The van der Waals surface area contributed by atoms with Crippen LogP contribution in [-0.4, -0.2) is 14.8 Å². The van der Waals surface area contributed by atoms with Gasteiger partial charge in [-0.15, -0.1) is 11.6 Å². The molecule has 0 bridgehead atoms. The third-order valence-corrected chi connectivity index (χ3v) is 3.06. The molecule has 2 aromatic rings. The molecule has 0 spiro atoms. The van der Waals surface area contributed by atoms with Crippen LogP contribution in [0.25, 0.3) is 0 Å². The van der Waals surface area contributed by atoms with Crippen molar-refractivity contribution in [2.75, 3.05) is 0 Å². The highest BCUT2D eigenvalue weighted by molar-refractivity contribution is 6.17. The molecule has 0 amide bonds. The van der Waals surface area contributed by atoms with E-state index in [2.05, 4.69) is 23.9 Å². The van der Waals surface area contributed by atoms with Crippen LogP contribution in [0.2, 0.25) is 0 Å². The molecular formula is C14H17ClFN3O. The highest BCUT2D eigenvalue weighted by Crippen LogP contribution is 2.25. The van der Waals surface area contributed by atoms with E-state index in [9.17, 15) is 4.39 Å². The van der Waals surface area contributed by atoms with Gasteiger partial charge >= 0.3 is 0 Å². The van der Waals surface area contributed by atoms with Crippen LogP contribution in [0.5, 0.6) is 5.75 Å². The number of hydrogen-bond acceptors (Lipinski definition) is 3. The zero-order valence-electron chi connectivity index (χ0n) is 11.5. The van der Waals surface area contributed by atoms with Crippen molar-refractivity contribution in [2.45, 2.75) is 32.9 Å². The number of hydrogen-bond donors (Lipinski definition) is 0. The summed E-state index contributed by atoms with van der Waals surface area (Å²) in [6.07, 6.45) is 1.48. The molecule has 0 N–H and O–H groups in total. The molecule has 4 nitrogen and oxygen atoms in total.